The fourth-order valence-corrected chi connectivity index (χ4v) is 0. The quantitative estimate of drug-likeness (QED) is 0.426. The molecule has 0 unspecified atom stereocenters. The van der Waals surface area contributed by atoms with Crippen LogP contribution in [0.5, 0.6) is 0 Å². The van der Waals surface area contributed by atoms with Crippen LogP contribution in [0.4, 0.5) is 0 Å². The monoisotopic (exact) mass is 232 g/mol. The molecular weight excluding hydrogens is 231 g/mol. The van der Waals surface area contributed by atoms with E-state index < -0.39 is 8.60 Å². The van der Waals surface area contributed by atoms with Gasteiger partial charge in [-0.2, -0.15) is 0 Å². The first-order chi connectivity index (χ1) is 1.73. The van der Waals surface area contributed by atoms with Gasteiger partial charge in [-0.25, -0.2) is 0 Å². The van der Waals surface area contributed by atoms with Gasteiger partial charge in [0.05, 0.1) is 0 Å². The second-order valence-electron chi connectivity index (χ2n) is 0.224. The summed E-state index contributed by atoms with van der Waals surface area (Å²) in [5.41, 5.74) is 0. The van der Waals surface area contributed by atoms with Crippen molar-refractivity contribution in [2.75, 3.05) is 0 Å². The zero-order valence-electron chi connectivity index (χ0n) is 2.05. The van der Waals surface area contributed by atoms with Crippen LogP contribution in [0.1, 0.15) is 0 Å². The summed E-state index contributed by atoms with van der Waals surface area (Å²) < 4.78 is 0. The van der Waals surface area contributed by atoms with Crippen LogP contribution in [0, 0.1) is 49.4 Å². The Bertz CT molecular complexity index is 11.6. The van der Waals surface area contributed by atoms with Crippen molar-refractivity contribution in [2.24, 2.45) is 0 Å². The average molecular weight is 231 g/mol. The van der Waals surface area contributed by atoms with Crippen molar-refractivity contribution in [3.05, 3.63) is 0 Å². The van der Waals surface area contributed by atoms with Crippen molar-refractivity contribution in [1.82, 2.24) is 0 Å². The Hall–Kier alpha value is 1.89. The minimum Gasteiger partial charge on any atom is -0.854 e. The van der Waals surface area contributed by atoms with Crippen molar-refractivity contribution in [3.8, 4) is 0 Å². The Balaban J connectivity index is 0. The van der Waals surface area contributed by atoms with Gasteiger partial charge in [0.1, 0.15) is 0 Å². The van der Waals surface area contributed by atoms with E-state index in [2.05, 4.69) is 0 Å². The van der Waals surface area contributed by atoms with E-state index in [9.17, 15) is 0 Å². The molecule has 0 fully saturated rings. The summed E-state index contributed by atoms with van der Waals surface area (Å²) in [5, 5.41) is 0. The van der Waals surface area contributed by atoms with Gasteiger partial charge in [-0.15, -0.1) is 0 Å². The molecule has 0 aliphatic carbocycles. The van der Waals surface area contributed by atoms with Crippen molar-refractivity contribution >= 4 is 8.60 Å². The smallest absolute Gasteiger partial charge is 0.854 e. The molecule has 0 rings (SSSR count). The Kier molecular flexibility index (Phi) is 11.8. The number of hydrogen-bond donors (Lipinski definition) is 0. The fraction of sp³-hybridized carbons (Fsp3) is 0. The molecule has 0 atom stereocenters. The van der Waals surface area contributed by atoms with Crippen molar-refractivity contribution in [2.45, 2.75) is 0 Å². The van der Waals surface area contributed by atoms with Gasteiger partial charge in [0.2, 0.25) is 0 Å². The first-order valence-corrected chi connectivity index (χ1v) is 1.64. The molecule has 5 heavy (non-hydrogen) atoms. The topological polar surface area (TPSA) is 69.2 Å². The molecule has 0 amide bonds. The van der Waals surface area contributed by atoms with Gasteiger partial charge < -0.3 is 23.3 Å². The summed E-state index contributed by atoms with van der Waals surface area (Å²) in [7, 11) is -3.37. The minimum absolute atomic E-state index is 0. The molecule has 0 spiro atoms. The van der Waals surface area contributed by atoms with Crippen LogP contribution in [-0.4, -0.2) is 0 Å². The normalized spacial score (nSPS) is 7.20. The molecule has 0 aromatic carbocycles. The first kappa shape index (κ1) is 10.00. The fourth-order valence-electron chi connectivity index (χ4n) is 0. The molecule has 0 bridgehead atoms. The number of rotatable bonds is 0. The van der Waals surface area contributed by atoms with Crippen LogP contribution in [0.25, 0.3) is 0 Å². The largest absolute Gasteiger partial charge is 3.00 e. The van der Waals surface area contributed by atoms with E-state index >= 15 is 0 Å². The van der Waals surface area contributed by atoms with E-state index in [1.165, 1.54) is 0 Å². The van der Waals surface area contributed by atoms with Crippen LogP contribution in [0.2, 0.25) is 0 Å². The molecule has 0 saturated heterocycles. The molecule has 30 valence electrons. The van der Waals surface area contributed by atoms with E-state index in [1.807, 2.05) is 0 Å². The van der Waals surface area contributed by atoms with Gasteiger partial charge >= 0.3 is 49.4 Å². The maximum absolute atomic E-state index is 8.48. The van der Waals surface area contributed by atoms with Crippen LogP contribution in [-0.2, 0) is 0 Å². The Morgan fingerprint density at radius 2 is 1.00 bits per heavy atom. The average Bonchev–Trinajstić information content (AvgIpc) is 0.811. The maximum Gasteiger partial charge on any atom is 3.00 e. The van der Waals surface area contributed by atoms with Crippen LogP contribution < -0.4 is 14.7 Å². The Morgan fingerprint density at radius 1 is 1.00 bits per heavy atom. The minimum atomic E-state index is -3.37. The van der Waals surface area contributed by atoms with Crippen LogP contribution in [0.3, 0.4) is 0 Å². The van der Waals surface area contributed by atoms with Crippen LogP contribution >= 0.6 is 8.60 Å². The maximum atomic E-state index is 8.48. The summed E-state index contributed by atoms with van der Waals surface area (Å²) >= 11 is 0. The first-order valence-electron chi connectivity index (χ1n) is 0.548. The molecule has 0 heterocycles. The standard InChI is InChI=1S/Eu.O3P/c;1-4(2)3/q+3;-3. The molecule has 0 radical (unpaired) electrons. The summed E-state index contributed by atoms with van der Waals surface area (Å²) in [6.45, 7) is 0. The second-order valence-corrected chi connectivity index (χ2v) is 0.671. The zero-order chi connectivity index (χ0) is 3.58. The molecule has 0 aliphatic heterocycles. The molecule has 0 saturated carbocycles. The van der Waals surface area contributed by atoms with Crippen LogP contribution in [0.15, 0.2) is 0 Å². The summed E-state index contributed by atoms with van der Waals surface area (Å²) in [4.78, 5) is 25.4. The van der Waals surface area contributed by atoms with Crippen molar-refractivity contribution in [3.63, 3.8) is 0 Å². The molecule has 0 aromatic rings. The van der Waals surface area contributed by atoms with Gasteiger partial charge in [-0.1, -0.05) is 0 Å². The molecular formula is EuO3P. The third-order valence-electron chi connectivity index (χ3n) is 0. The Morgan fingerprint density at radius 3 is 1.00 bits per heavy atom. The van der Waals surface area contributed by atoms with Gasteiger partial charge in [0.25, 0.3) is 0 Å². The van der Waals surface area contributed by atoms with Gasteiger partial charge in [0, 0.05) is 0 Å². The van der Waals surface area contributed by atoms with E-state index in [1.54, 1.807) is 0 Å². The van der Waals surface area contributed by atoms with E-state index in [-0.39, 0.29) is 49.4 Å². The summed E-state index contributed by atoms with van der Waals surface area (Å²) in [6, 6.07) is 0. The predicted octanol–water partition coefficient (Wildman–Crippen LogP) is -2.71. The van der Waals surface area contributed by atoms with Crippen molar-refractivity contribution in [1.29, 1.82) is 0 Å². The second kappa shape index (κ2) is 5.89. The molecule has 3 nitrogen and oxygen atoms in total. The Labute approximate surface area is 71.6 Å². The third-order valence-corrected chi connectivity index (χ3v) is 0. The third kappa shape index (κ3) is 24.9. The molecule has 0 aliphatic rings. The SMILES string of the molecule is [Eu+3].[O-]P([O-])[O-]. The van der Waals surface area contributed by atoms with E-state index in [0.717, 1.165) is 0 Å². The molecule has 0 aromatic heterocycles. The molecule has 5 heteroatoms. The van der Waals surface area contributed by atoms with Gasteiger partial charge in [-0.3, -0.25) is 0 Å². The van der Waals surface area contributed by atoms with Gasteiger partial charge in [-0.05, 0) is 0 Å². The molecule has 0 N–H and O–H groups in total. The van der Waals surface area contributed by atoms with Crippen molar-refractivity contribution < 1.29 is 64.1 Å². The number of hydrogen-bond acceptors (Lipinski definition) is 3. The van der Waals surface area contributed by atoms with E-state index in [0.29, 0.717) is 0 Å². The van der Waals surface area contributed by atoms with Gasteiger partial charge in [0.15, 0.2) is 0 Å². The summed E-state index contributed by atoms with van der Waals surface area (Å²) in [5.74, 6) is 0. The predicted molar refractivity (Wildman–Crippen MR) is 6.92 cm³/mol. The zero-order valence-corrected chi connectivity index (χ0v) is 5.37. The summed E-state index contributed by atoms with van der Waals surface area (Å²) in [6.07, 6.45) is 0. The van der Waals surface area contributed by atoms with E-state index in [4.69, 9.17) is 14.7 Å².